The second-order valence-corrected chi connectivity index (χ2v) is 10.8. The van der Waals surface area contributed by atoms with Crippen LogP contribution in [0.25, 0.3) is 0 Å². The van der Waals surface area contributed by atoms with Crippen LogP contribution in [-0.2, 0) is 28.5 Å². The van der Waals surface area contributed by atoms with Gasteiger partial charge in [-0.2, -0.15) is 20.3 Å². The molecule has 0 spiro atoms. The zero-order valence-corrected chi connectivity index (χ0v) is 28.9. The first-order chi connectivity index (χ1) is 21.1. The second kappa shape index (κ2) is 34.7. The van der Waals surface area contributed by atoms with Crippen LogP contribution in [0, 0.1) is 12.3 Å². The van der Waals surface area contributed by atoms with E-state index >= 15 is 0 Å². The van der Waals surface area contributed by atoms with Gasteiger partial charge in [-0.1, -0.05) is 97.3 Å². The molecule has 246 valence electrons. The number of unbranched alkanes of at least 4 members (excludes halogenated alkanes) is 12. The van der Waals surface area contributed by atoms with Crippen LogP contribution in [0.4, 0.5) is 11.4 Å². The van der Waals surface area contributed by atoms with Crippen molar-refractivity contribution in [3.8, 4) is 0 Å². The second-order valence-electron chi connectivity index (χ2n) is 10.8. The van der Waals surface area contributed by atoms with Crippen LogP contribution in [0.5, 0.6) is 0 Å². The summed E-state index contributed by atoms with van der Waals surface area (Å²) in [5.74, 6) is -0.982. The molecule has 2 rings (SSSR count). The molecular formula is C35H56N2O6Ti. The van der Waals surface area contributed by atoms with E-state index in [0.29, 0.717) is 17.8 Å². The van der Waals surface area contributed by atoms with E-state index in [2.05, 4.69) is 13.8 Å². The van der Waals surface area contributed by atoms with Crippen molar-refractivity contribution in [2.45, 2.75) is 118 Å². The van der Waals surface area contributed by atoms with E-state index in [1.807, 2.05) is 26.6 Å². The van der Waals surface area contributed by atoms with Crippen molar-refractivity contribution in [3.05, 3.63) is 66.1 Å². The van der Waals surface area contributed by atoms with Crippen molar-refractivity contribution in [1.29, 1.82) is 0 Å². The fourth-order valence-corrected chi connectivity index (χ4v) is 3.77. The Labute approximate surface area is 278 Å². The summed E-state index contributed by atoms with van der Waals surface area (Å²) in [6, 6.07) is 12.1. The van der Waals surface area contributed by atoms with Crippen LogP contribution in [0.15, 0.2) is 48.5 Å². The molecule has 0 radical (unpaired) electrons. The molecule has 9 heteroatoms. The van der Waals surface area contributed by atoms with E-state index < -0.39 is 11.9 Å². The summed E-state index contributed by atoms with van der Waals surface area (Å²) in [6.45, 7) is 8.63. The van der Waals surface area contributed by atoms with Gasteiger partial charge in [-0.15, -0.1) is 0 Å². The minimum absolute atomic E-state index is 0.259. The summed E-state index contributed by atoms with van der Waals surface area (Å²) in [7, 11) is 0. The van der Waals surface area contributed by atoms with Crippen molar-refractivity contribution in [1.82, 2.24) is 0 Å². The SMILES string of the molecule is CC(C)CCCCCCCCCCCCCC[C-]=O.C[CH-]C.Nc1ccc(C(=O)O)cc1.Nc1ccc(C(=O)O)cc1.[O]=[Ti+2]. The van der Waals surface area contributed by atoms with Gasteiger partial charge in [-0.3, -0.25) is 6.29 Å². The first kappa shape index (κ1) is 45.6. The summed E-state index contributed by atoms with van der Waals surface area (Å²) in [5, 5.41) is 16.9. The molecule has 0 aliphatic heterocycles. The third kappa shape index (κ3) is 33.7. The molecule has 2 aromatic rings. The monoisotopic (exact) mass is 648 g/mol. The van der Waals surface area contributed by atoms with Gasteiger partial charge in [0.2, 0.25) is 0 Å². The summed E-state index contributed by atoms with van der Waals surface area (Å²) in [4.78, 5) is 30.6. The van der Waals surface area contributed by atoms with Crippen molar-refractivity contribution in [2.24, 2.45) is 5.92 Å². The molecule has 0 aliphatic carbocycles. The van der Waals surface area contributed by atoms with Gasteiger partial charge in [-0.05, 0) is 54.4 Å². The topological polar surface area (TPSA) is 161 Å². The Morgan fingerprint density at radius 1 is 0.659 bits per heavy atom. The quantitative estimate of drug-likeness (QED) is 0.0571. The van der Waals surface area contributed by atoms with Gasteiger partial charge < -0.3 is 32.9 Å². The number of nitrogen functional groups attached to an aromatic ring is 2. The van der Waals surface area contributed by atoms with Crippen LogP contribution >= 0.6 is 0 Å². The van der Waals surface area contributed by atoms with Gasteiger partial charge in [0.25, 0.3) is 0 Å². The van der Waals surface area contributed by atoms with Gasteiger partial charge in [-0.25, -0.2) is 9.59 Å². The standard InChI is InChI=1S/C18H35O.2C7H7NO2.C3H7.O.Ti/c1-18(2)16-14-12-10-8-6-4-3-5-7-9-11-13-15-17-19;2*8-6-3-1-5(2-4-6)7(9)10;1-3-2;;/h18H,3-16H2,1-2H3;2*1-4H,8H2,(H,9,10);3H,1-2H3;;/q-1;;;-1;;+2. The van der Waals surface area contributed by atoms with Crippen LogP contribution in [-0.4, -0.2) is 28.4 Å². The van der Waals surface area contributed by atoms with E-state index in [1.54, 1.807) is 24.3 Å². The van der Waals surface area contributed by atoms with Gasteiger partial charge >= 0.3 is 35.7 Å². The molecule has 0 saturated heterocycles. The molecule has 44 heavy (non-hydrogen) atoms. The number of hydrogen-bond acceptors (Lipinski definition) is 6. The number of carboxylic acids is 2. The molecule has 6 N–H and O–H groups in total. The molecule has 0 unspecified atom stereocenters. The van der Waals surface area contributed by atoms with E-state index in [4.69, 9.17) is 25.0 Å². The van der Waals surface area contributed by atoms with Crippen molar-refractivity contribution in [3.63, 3.8) is 0 Å². The molecule has 0 amide bonds. The number of carbonyl (C=O) groups excluding carboxylic acids is 1. The Morgan fingerprint density at radius 3 is 1.18 bits per heavy atom. The molecule has 0 aromatic heterocycles. The Bertz CT molecular complexity index is 882. The molecule has 8 nitrogen and oxygen atoms in total. The maximum absolute atomic E-state index is 10.3. The van der Waals surface area contributed by atoms with Crippen molar-refractivity contribution < 1.29 is 48.3 Å². The van der Waals surface area contributed by atoms with E-state index in [-0.39, 0.29) is 11.1 Å². The molecule has 0 heterocycles. The number of rotatable bonds is 17. The Hall–Kier alpha value is -2.84. The third-order valence-electron chi connectivity index (χ3n) is 6.13. The average Bonchev–Trinajstić information content (AvgIpc) is 3.00. The normalized spacial score (nSPS) is 9.52. The predicted octanol–water partition coefficient (Wildman–Crippen LogP) is 9.26. The molecule has 2 aromatic carbocycles. The number of anilines is 2. The van der Waals surface area contributed by atoms with Gasteiger partial charge in [0.05, 0.1) is 11.1 Å². The number of carbonyl (C=O) groups is 2. The predicted molar refractivity (Wildman–Crippen MR) is 177 cm³/mol. The van der Waals surface area contributed by atoms with Crippen LogP contribution in [0.3, 0.4) is 0 Å². The molecular weight excluding hydrogens is 592 g/mol. The number of carboxylic acid groups (broad SMARTS) is 2. The zero-order chi connectivity index (χ0) is 34.0. The Morgan fingerprint density at radius 2 is 0.932 bits per heavy atom. The third-order valence-corrected chi connectivity index (χ3v) is 6.13. The first-order valence-electron chi connectivity index (χ1n) is 15.6. The zero-order valence-electron chi connectivity index (χ0n) is 27.4. The number of nitrogens with two attached hydrogens (primary N) is 2. The average molecular weight is 649 g/mol. The Balaban J connectivity index is -0.000000566. The first-order valence-corrected chi connectivity index (χ1v) is 16.2. The molecule has 0 fully saturated rings. The van der Waals surface area contributed by atoms with Crippen LogP contribution < -0.4 is 11.5 Å². The van der Waals surface area contributed by atoms with Crippen LogP contribution in [0.2, 0.25) is 0 Å². The summed E-state index contributed by atoms with van der Waals surface area (Å²) in [6.07, 6.45) is 22.3. The number of hydrogen-bond donors (Lipinski definition) is 4. The van der Waals surface area contributed by atoms with E-state index in [9.17, 15) is 14.4 Å². The maximum atomic E-state index is 10.3. The summed E-state index contributed by atoms with van der Waals surface area (Å²) < 4.78 is 8.25. The van der Waals surface area contributed by atoms with E-state index in [1.165, 1.54) is 101 Å². The summed E-state index contributed by atoms with van der Waals surface area (Å²) >= 11 is 0.750. The van der Waals surface area contributed by atoms with Gasteiger partial charge in [0, 0.05) is 11.4 Å². The fourth-order valence-electron chi connectivity index (χ4n) is 3.77. The number of aromatic carboxylic acids is 2. The van der Waals surface area contributed by atoms with E-state index in [0.717, 1.165) is 32.7 Å². The van der Waals surface area contributed by atoms with Gasteiger partial charge in [0.15, 0.2) is 0 Å². The van der Waals surface area contributed by atoms with Crippen molar-refractivity contribution >= 4 is 29.6 Å². The van der Waals surface area contributed by atoms with Crippen LogP contribution in [0.1, 0.15) is 138 Å². The molecule has 0 atom stereocenters. The Kier molecular flexibility index (Phi) is 35.9. The number of benzene rings is 2. The molecule has 0 bridgehead atoms. The molecule has 0 saturated carbocycles. The molecule has 0 aliphatic rings. The van der Waals surface area contributed by atoms with Gasteiger partial charge in [0.1, 0.15) is 0 Å². The summed E-state index contributed by atoms with van der Waals surface area (Å²) in [5.41, 5.74) is 12.3. The fraction of sp³-hybridized carbons (Fsp3) is 0.543. The minimum atomic E-state index is -0.931. The van der Waals surface area contributed by atoms with Crippen molar-refractivity contribution in [2.75, 3.05) is 11.5 Å².